The first-order valence-corrected chi connectivity index (χ1v) is 10.7. The molecule has 1 fully saturated rings. The van der Waals surface area contributed by atoms with E-state index in [1.54, 1.807) is 0 Å². The van der Waals surface area contributed by atoms with Gasteiger partial charge >= 0.3 is 5.97 Å². The third-order valence-electron chi connectivity index (χ3n) is 6.06. The molecule has 1 saturated carbocycles. The van der Waals surface area contributed by atoms with Crippen molar-refractivity contribution in [1.82, 2.24) is 0 Å². The van der Waals surface area contributed by atoms with Crippen molar-refractivity contribution in [1.29, 1.82) is 0 Å². The van der Waals surface area contributed by atoms with Crippen LogP contribution in [0.15, 0.2) is 36.4 Å². The van der Waals surface area contributed by atoms with Crippen LogP contribution < -0.4 is 0 Å². The zero-order valence-corrected chi connectivity index (χ0v) is 17.4. The van der Waals surface area contributed by atoms with Crippen LogP contribution in [0.1, 0.15) is 73.7 Å². The Morgan fingerprint density at radius 2 is 1.65 bits per heavy atom. The summed E-state index contributed by atoms with van der Waals surface area (Å²) in [6, 6.07) is 4.14. The first-order chi connectivity index (χ1) is 14.8. The molecule has 0 saturated heterocycles. The van der Waals surface area contributed by atoms with E-state index >= 15 is 4.39 Å². The summed E-state index contributed by atoms with van der Waals surface area (Å²) in [5.41, 5.74) is -0.438. The number of aromatic carboxylic acids is 1. The molecule has 3 rings (SSSR count). The van der Waals surface area contributed by atoms with Crippen LogP contribution in [0.3, 0.4) is 0 Å². The molecule has 0 radical (unpaired) electrons. The largest absolute Gasteiger partial charge is 0.478 e. The molecule has 6 heteroatoms. The molecule has 2 aromatic carbocycles. The summed E-state index contributed by atoms with van der Waals surface area (Å²) < 4.78 is 56.3. The van der Waals surface area contributed by atoms with Crippen LogP contribution in [-0.2, 0) is 0 Å². The van der Waals surface area contributed by atoms with Crippen molar-refractivity contribution in [2.75, 3.05) is 0 Å². The number of carbonyl (C=O) groups is 1. The molecule has 0 aliphatic heterocycles. The molecule has 1 aliphatic rings. The second-order valence-corrected chi connectivity index (χ2v) is 8.16. The third kappa shape index (κ3) is 5.17. The maximum Gasteiger partial charge on any atom is 0.338 e. The lowest BCUT2D eigenvalue weighted by atomic mass is 9.75. The summed E-state index contributed by atoms with van der Waals surface area (Å²) in [7, 11) is 0. The third-order valence-corrected chi connectivity index (χ3v) is 6.06. The van der Waals surface area contributed by atoms with E-state index in [1.165, 1.54) is 12.1 Å². The second-order valence-electron chi connectivity index (χ2n) is 8.16. The fourth-order valence-corrected chi connectivity index (χ4v) is 4.37. The number of carboxylic acid groups (broad SMARTS) is 1. The maximum absolute atomic E-state index is 15.2. The van der Waals surface area contributed by atoms with Crippen molar-refractivity contribution in [3.63, 3.8) is 0 Å². The molecule has 0 amide bonds. The van der Waals surface area contributed by atoms with Gasteiger partial charge in [-0.15, -0.1) is 0 Å². The topological polar surface area (TPSA) is 37.3 Å². The predicted molar refractivity (Wildman–Crippen MR) is 112 cm³/mol. The smallest absolute Gasteiger partial charge is 0.338 e. The van der Waals surface area contributed by atoms with Crippen LogP contribution in [-0.4, -0.2) is 11.1 Å². The average molecular weight is 434 g/mol. The molecule has 0 heterocycles. The molecule has 0 spiro atoms. The second kappa shape index (κ2) is 10.1. The Bertz CT molecular complexity index is 953. The highest BCUT2D eigenvalue weighted by Crippen LogP contribution is 2.43. The van der Waals surface area contributed by atoms with E-state index < -0.39 is 34.8 Å². The van der Waals surface area contributed by atoms with Gasteiger partial charge < -0.3 is 5.11 Å². The number of carboxylic acids is 1. The van der Waals surface area contributed by atoms with Gasteiger partial charge in [-0.3, -0.25) is 0 Å². The summed E-state index contributed by atoms with van der Waals surface area (Å²) >= 11 is 0. The van der Waals surface area contributed by atoms with Crippen molar-refractivity contribution in [3.05, 3.63) is 70.8 Å². The molecule has 0 bridgehead atoms. The van der Waals surface area contributed by atoms with E-state index in [0.29, 0.717) is 11.5 Å². The van der Waals surface area contributed by atoms with Crippen molar-refractivity contribution >= 4 is 5.97 Å². The van der Waals surface area contributed by atoms with Gasteiger partial charge in [0.15, 0.2) is 17.5 Å². The number of allylic oxidation sites excluding steroid dienone is 2. The fraction of sp³-hybridized carbons (Fsp3) is 0.400. The highest BCUT2D eigenvalue weighted by molar-refractivity contribution is 5.90. The molecular formula is C25H26F4O2. The minimum absolute atomic E-state index is 0.0700. The van der Waals surface area contributed by atoms with Gasteiger partial charge in [0.25, 0.3) is 0 Å². The maximum atomic E-state index is 15.2. The van der Waals surface area contributed by atoms with Gasteiger partial charge in [0.1, 0.15) is 5.82 Å². The van der Waals surface area contributed by atoms with Gasteiger partial charge in [-0.1, -0.05) is 31.6 Å². The van der Waals surface area contributed by atoms with Crippen LogP contribution >= 0.6 is 0 Å². The highest BCUT2D eigenvalue weighted by Gasteiger charge is 2.28. The number of benzene rings is 2. The Hall–Kier alpha value is -2.63. The Kier molecular flexibility index (Phi) is 7.52. The zero-order valence-electron chi connectivity index (χ0n) is 17.4. The zero-order chi connectivity index (χ0) is 22.5. The molecule has 1 N–H and O–H groups in total. The number of unbranched alkanes of at least 4 members (excludes halogenated alkanes) is 1. The summed E-state index contributed by atoms with van der Waals surface area (Å²) in [5.74, 6) is -6.60. The SMILES string of the molecule is CCCC=CCC1CCC(c2ccc(C(=O)O)c(F)c2-c2cc(F)c(F)c(F)c2)CC1. The van der Waals surface area contributed by atoms with Gasteiger partial charge in [0, 0.05) is 5.56 Å². The summed E-state index contributed by atoms with van der Waals surface area (Å²) in [6.45, 7) is 2.13. The lowest BCUT2D eigenvalue weighted by molar-refractivity contribution is 0.0692. The monoisotopic (exact) mass is 434 g/mol. The van der Waals surface area contributed by atoms with E-state index in [9.17, 15) is 23.1 Å². The number of halogens is 4. The van der Waals surface area contributed by atoms with E-state index in [4.69, 9.17) is 0 Å². The van der Waals surface area contributed by atoms with Crippen molar-refractivity contribution in [2.24, 2.45) is 5.92 Å². The lowest BCUT2D eigenvalue weighted by Gasteiger charge is -2.30. The van der Waals surface area contributed by atoms with E-state index in [-0.39, 0.29) is 17.0 Å². The predicted octanol–water partition coefficient (Wildman–Crippen LogP) is 7.63. The summed E-state index contributed by atoms with van der Waals surface area (Å²) in [6.07, 6.45) is 10.9. The Balaban J connectivity index is 1.93. The number of hydrogen-bond acceptors (Lipinski definition) is 1. The van der Waals surface area contributed by atoms with Gasteiger partial charge in [0.05, 0.1) is 5.56 Å². The van der Waals surface area contributed by atoms with Crippen molar-refractivity contribution < 1.29 is 27.5 Å². The fourth-order valence-electron chi connectivity index (χ4n) is 4.37. The number of rotatable bonds is 7. The quantitative estimate of drug-likeness (QED) is 0.276. The average Bonchev–Trinajstić information content (AvgIpc) is 2.74. The van der Waals surface area contributed by atoms with Gasteiger partial charge in [0.2, 0.25) is 0 Å². The van der Waals surface area contributed by atoms with Crippen molar-refractivity contribution in [2.45, 2.75) is 57.8 Å². The van der Waals surface area contributed by atoms with Crippen LogP contribution in [0.25, 0.3) is 11.1 Å². The molecule has 2 aromatic rings. The molecule has 0 atom stereocenters. The standard InChI is InChI=1S/C25H26F4O2/c1-2-3-4-5-6-15-7-9-16(10-8-15)18-11-12-19(25(30)31)23(28)22(18)17-13-20(26)24(29)21(27)14-17/h4-5,11-16H,2-3,6-10H2,1H3,(H,30,31). The van der Waals surface area contributed by atoms with Gasteiger partial charge in [-0.25, -0.2) is 22.4 Å². The summed E-state index contributed by atoms with van der Waals surface area (Å²) in [5, 5.41) is 9.29. The molecular weight excluding hydrogens is 408 g/mol. The normalized spacial score (nSPS) is 19.1. The Labute approximate surface area is 179 Å². The van der Waals surface area contributed by atoms with Gasteiger partial charge in [-0.2, -0.15) is 0 Å². The van der Waals surface area contributed by atoms with Crippen LogP contribution in [0.5, 0.6) is 0 Å². The van der Waals surface area contributed by atoms with Crippen LogP contribution in [0.2, 0.25) is 0 Å². The van der Waals surface area contributed by atoms with Crippen LogP contribution in [0, 0.1) is 29.2 Å². The highest BCUT2D eigenvalue weighted by atomic mass is 19.2. The molecule has 166 valence electrons. The number of hydrogen-bond donors (Lipinski definition) is 1. The van der Waals surface area contributed by atoms with Crippen LogP contribution in [0.4, 0.5) is 17.6 Å². The Morgan fingerprint density at radius 1 is 1.00 bits per heavy atom. The first kappa shape index (κ1) is 23.0. The summed E-state index contributed by atoms with van der Waals surface area (Å²) in [4.78, 5) is 11.4. The van der Waals surface area contributed by atoms with Gasteiger partial charge in [-0.05, 0) is 79.7 Å². The molecule has 0 aromatic heterocycles. The van der Waals surface area contributed by atoms with E-state index in [2.05, 4.69) is 19.1 Å². The molecule has 31 heavy (non-hydrogen) atoms. The molecule has 2 nitrogen and oxygen atoms in total. The Morgan fingerprint density at radius 3 is 2.23 bits per heavy atom. The molecule has 1 aliphatic carbocycles. The molecule has 0 unspecified atom stereocenters. The first-order valence-electron chi connectivity index (χ1n) is 10.7. The minimum Gasteiger partial charge on any atom is -0.478 e. The lowest BCUT2D eigenvalue weighted by Crippen LogP contribution is -2.15. The minimum atomic E-state index is -1.64. The van der Waals surface area contributed by atoms with E-state index in [1.807, 2.05) is 0 Å². The van der Waals surface area contributed by atoms with E-state index in [0.717, 1.165) is 57.1 Å². The van der Waals surface area contributed by atoms with Crippen molar-refractivity contribution in [3.8, 4) is 11.1 Å².